The molecule has 5 aromatic rings. The highest BCUT2D eigenvalue weighted by molar-refractivity contribution is 6.04. The number of benzene rings is 3. The number of fused-ring (bicyclic) bond motifs is 3. The molecule has 2 saturated heterocycles. The molecule has 0 radical (unpaired) electrons. The lowest BCUT2D eigenvalue weighted by Crippen LogP contribution is -2.51. The van der Waals surface area contributed by atoms with E-state index < -0.39 is 18.2 Å². The zero-order valence-electron chi connectivity index (χ0n) is 35.4. The first-order valence-electron chi connectivity index (χ1n) is 21.0. The number of methoxy groups -OCH3 is 2. The van der Waals surface area contributed by atoms with E-state index in [0.717, 1.165) is 101 Å². The van der Waals surface area contributed by atoms with Gasteiger partial charge in [-0.25, -0.2) is 19.6 Å². The molecule has 0 bridgehead atoms. The van der Waals surface area contributed by atoms with Crippen molar-refractivity contribution in [3.63, 3.8) is 0 Å². The second-order valence-corrected chi connectivity index (χ2v) is 15.5. The number of hydrogen-bond acceptors (Lipinski definition) is 9. The fourth-order valence-electron chi connectivity index (χ4n) is 7.38. The van der Waals surface area contributed by atoms with Gasteiger partial charge in [-0.2, -0.15) is 0 Å². The van der Waals surface area contributed by atoms with Gasteiger partial charge in [-0.1, -0.05) is 50.0 Å². The number of nitrogens with zero attached hydrogens (tertiary/aromatic N) is 3. The number of nitrogens with one attached hydrogen (secondary N) is 5. The lowest BCUT2D eigenvalue weighted by atomic mass is 10.0. The molecule has 2 atom stereocenters. The third-order valence-electron chi connectivity index (χ3n) is 10.7. The second-order valence-electron chi connectivity index (χ2n) is 15.5. The highest BCUT2D eigenvalue weighted by Gasteiger charge is 2.37. The van der Waals surface area contributed by atoms with Crippen LogP contribution in [0, 0.1) is 17.8 Å². The van der Waals surface area contributed by atoms with Gasteiger partial charge in [-0.05, 0) is 92.1 Å². The Labute approximate surface area is 356 Å². The average Bonchev–Trinajstić information content (AvgIpc) is 4.08. The highest BCUT2D eigenvalue weighted by Crippen LogP contribution is 2.34. The summed E-state index contributed by atoms with van der Waals surface area (Å²) < 4.78 is 14.3. The first-order chi connectivity index (χ1) is 29.6. The van der Waals surface area contributed by atoms with Crippen molar-refractivity contribution >= 4 is 45.8 Å². The number of carbonyl (C=O) groups excluding carboxylic acids is 4. The second kappa shape index (κ2) is 21.7. The molecule has 2 unspecified atom stereocenters. The number of aromatic nitrogens is 4. The number of carbonyl (C=O) groups is 4. The Morgan fingerprint density at radius 3 is 2.34 bits per heavy atom. The largest absolute Gasteiger partial charge is 0.453 e. The summed E-state index contributed by atoms with van der Waals surface area (Å²) in [6, 6.07) is 17.3. The first-order valence-corrected chi connectivity index (χ1v) is 21.0. The van der Waals surface area contributed by atoms with Gasteiger partial charge in [-0.15, -0.1) is 0 Å². The molecule has 2 aromatic heterocycles. The molecule has 5 N–H and O–H groups in total. The molecular formula is C46H56N8O7. The summed E-state index contributed by atoms with van der Waals surface area (Å²) >= 11 is 0. The van der Waals surface area contributed by atoms with Crippen molar-refractivity contribution < 1.29 is 33.4 Å². The lowest BCUT2D eigenvalue weighted by Gasteiger charge is -2.29. The van der Waals surface area contributed by atoms with Gasteiger partial charge in [0.2, 0.25) is 11.8 Å². The number of imidazole rings is 2. The van der Waals surface area contributed by atoms with Crippen molar-refractivity contribution in [2.45, 2.75) is 77.3 Å². The molecule has 15 heteroatoms. The quantitative estimate of drug-likeness (QED) is 0.0687. The highest BCUT2D eigenvalue weighted by atomic mass is 16.5. The third kappa shape index (κ3) is 12.1. The number of amides is 4. The Kier molecular flexibility index (Phi) is 15.7. The number of rotatable bonds is 12. The minimum atomic E-state index is -0.692. The summed E-state index contributed by atoms with van der Waals surface area (Å²) in [5.74, 6) is 7.66. The summed E-state index contributed by atoms with van der Waals surface area (Å²) in [6.07, 6.45) is 8.48. The molecule has 4 amide bonds. The molecule has 2 fully saturated rings. The van der Waals surface area contributed by atoms with Crippen molar-refractivity contribution in [3.05, 3.63) is 83.6 Å². The van der Waals surface area contributed by atoms with Crippen LogP contribution in [0.1, 0.15) is 87.6 Å². The Morgan fingerprint density at radius 1 is 0.885 bits per heavy atom. The van der Waals surface area contributed by atoms with Crippen LogP contribution in [0.25, 0.3) is 33.1 Å². The van der Waals surface area contributed by atoms with Crippen LogP contribution in [0.5, 0.6) is 0 Å². The fourth-order valence-corrected chi connectivity index (χ4v) is 7.38. The number of aryl methyl sites for hydroxylation is 1. The monoisotopic (exact) mass is 832 g/mol. The summed E-state index contributed by atoms with van der Waals surface area (Å²) in [4.78, 5) is 66.6. The molecule has 15 nitrogen and oxygen atoms in total. The summed E-state index contributed by atoms with van der Waals surface area (Å²) in [7, 11) is 2.54. The summed E-state index contributed by atoms with van der Waals surface area (Å²) in [6.45, 7) is 6.79. The minimum absolute atomic E-state index is 0.108. The molecule has 0 aliphatic carbocycles. The molecule has 4 heterocycles. The number of H-pyrrole nitrogens is 2. The number of hydrogen-bond donors (Lipinski definition) is 5. The fraction of sp³-hybridized carbons (Fsp3) is 0.435. The number of likely N-dealkylation sites (tertiary alicyclic amines) is 1. The Morgan fingerprint density at radius 2 is 1.64 bits per heavy atom. The Balaban J connectivity index is 0.000000953. The number of alkyl carbamates (subject to hydrolysis) is 2. The van der Waals surface area contributed by atoms with E-state index in [4.69, 9.17) is 14.5 Å². The Bertz CT molecular complexity index is 2330. The first kappa shape index (κ1) is 44.2. The number of ether oxygens (including phenoxy) is 3. The van der Waals surface area contributed by atoms with Gasteiger partial charge in [-0.3, -0.25) is 9.59 Å². The van der Waals surface area contributed by atoms with E-state index in [1.165, 1.54) is 33.5 Å². The van der Waals surface area contributed by atoms with Crippen molar-refractivity contribution in [1.29, 1.82) is 0 Å². The Hall–Kier alpha value is -6.40. The summed E-state index contributed by atoms with van der Waals surface area (Å²) in [5, 5.41) is 9.83. The molecular weight excluding hydrogens is 777 g/mol. The average molecular weight is 833 g/mol. The van der Waals surface area contributed by atoms with Crippen LogP contribution >= 0.6 is 0 Å². The van der Waals surface area contributed by atoms with Gasteiger partial charge >= 0.3 is 12.2 Å². The van der Waals surface area contributed by atoms with Crippen molar-refractivity contribution in [3.8, 4) is 23.1 Å². The molecule has 61 heavy (non-hydrogen) atoms. The molecule has 7 rings (SSSR count). The van der Waals surface area contributed by atoms with Crippen LogP contribution in [0.3, 0.4) is 0 Å². The van der Waals surface area contributed by atoms with E-state index in [1.807, 2.05) is 67.4 Å². The molecule has 0 saturated carbocycles. The summed E-state index contributed by atoms with van der Waals surface area (Å²) in [5.41, 5.74) is 5.43. The topological polar surface area (TPSA) is 193 Å². The predicted octanol–water partition coefficient (Wildman–Crippen LogP) is 6.53. The standard InChI is InChI=1S/C41H46N8O6.C5H10O/c1-25(2)36(48-41(53)55-4)39(51)49-21-7-8-33(49)38-46-31-19-17-29-22-27(14-18-30(29)37(31)47-38)11-10-26-12-15-28(16-13-26)32-23-43-34(45-32)9-5-6-20-42-35(50)24-44-40(52)54-3;1-2-4-6-5-3-1/h12-19,22-23,25,33,36H,5-9,20-21,24H2,1-4H3,(H,42,50)(H,43,45)(H,44,52)(H,46,47)(H,48,53);1-5H2. The van der Waals surface area contributed by atoms with Crippen LogP contribution in [0.15, 0.2) is 60.8 Å². The van der Waals surface area contributed by atoms with Gasteiger partial charge in [0, 0.05) is 49.2 Å². The zero-order valence-corrected chi connectivity index (χ0v) is 35.4. The van der Waals surface area contributed by atoms with Crippen LogP contribution in [-0.4, -0.2) is 102 Å². The van der Waals surface area contributed by atoms with E-state index in [9.17, 15) is 19.2 Å². The molecule has 0 spiro atoms. The van der Waals surface area contributed by atoms with Gasteiger partial charge in [0.1, 0.15) is 17.7 Å². The zero-order chi connectivity index (χ0) is 43.1. The van der Waals surface area contributed by atoms with Crippen molar-refractivity contribution in [2.75, 3.05) is 47.1 Å². The van der Waals surface area contributed by atoms with Gasteiger partial charge in [0.25, 0.3) is 0 Å². The van der Waals surface area contributed by atoms with Gasteiger partial charge < -0.3 is 45.0 Å². The van der Waals surface area contributed by atoms with Gasteiger partial charge in [0.15, 0.2) is 0 Å². The molecule has 322 valence electrons. The van der Waals surface area contributed by atoms with E-state index in [0.29, 0.717) is 13.1 Å². The van der Waals surface area contributed by atoms with Gasteiger partial charge in [0.05, 0.1) is 49.7 Å². The predicted molar refractivity (Wildman–Crippen MR) is 232 cm³/mol. The van der Waals surface area contributed by atoms with Crippen LogP contribution < -0.4 is 16.0 Å². The van der Waals surface area contributed by atoms with E-state index in [-0.39, 0.29) is 30.3 Å². The number of unbranched alkanes of at least 4 members (excludes halogenated alkanes) is 1. The minimum Gasteiger partial charge on any atom is -0.453 e. The van der Waals surface area contributed by atoms with E-state index in [1.54, 1.807) is 0 Å². The normalized spacial score (nSPS) is 15.3. The number of aromatic amines is 2. The van der Waals surface area contributed by atoms with E-state index in [2.05, 4.69) is 59.6 Å². The molecule has 2 aliphatic rings. The van der Waals surface area contributed by atoms with Crippen LogP contribution in [-0.2, 0) is 30.2 Å². The lowest BCUT2D eigenvalue weighted by molar-refractivity contribution is -0.135. The maximum atomic E-state index is 13.6. The maximum absolute atomic E-state index is 13.6. The maximum Gasteiger partial charge on any atom is 0.407 e. The van der Waals surface area contributed by atoms with Crippen LogP contribution in [0.4, 0.5) is 9.59 Å². The SMILES string of the molecule is C1CCOCC1.COC(=O)NCC(=O)NCCCCc1ncc(-c2ccc(C#Cc3ccc4c(ccc5[nH]c(C6CCCN6C(=O)C(NC(=O)OC)C(C)C)nc54)c3)cc2)[nH]1. The third-order valence-corrected chi connectivity index (χ3v) is 10.7. The molecule has 3 aromatic carbocycles. The van der Waals surface area contributed by atoms with Crippen molar-refractivity contribution in [1.82, 2.24) is 40.8 Å². The van der Waals surface area contributed by atoms with Crippen LogP contribution in [0.2, 0.25) is 0 Å². The van der Waals surface area contributed by atoms with Crippen molar-refractivity contribution in [2.24, 2.45) is 5.92 Å². The smallest absolute Gasteiger partial charge is 0.407 e. The molecule has 2 aliphatic heterocycles. The van der Waals surface area contributed by atoms with E-state index >= 15 is 0 Å².